The van der Waals surface area contributed by atoms with E-state index in [4.69, 9.17) is 9.47 Å². The largest absolute Gasteiger partial charge is 0.393 e. The first kappa shape index (κ1) is 14.9. The molecule has 10 atom stereocenters. The molecule has 0 aromatic heterocycles. The van der Waals surface area contributed by atoms with Gasteiger partial charge in [0, 0.05) is 5.41 Å². The Labute approximate surface area is 139 Å². The van der Waals surface area contributed by atoms with Crippen molar-refractivity contribution in [3.05, 3.63) is 12.2 Å². The first-order chi connectivity index (χ1) is 10.8. The zero-order valence-electron chi connectivity index (χ0n) is 14.8. The Morgan fingerprint density at radius 2 is 1.91 bits per heavy atom. The third-order valence-corrected chi connectivity index (χ3v) is 8.34. The smallest absolute Gasteiger partial charge is 0.117 e. The molecule has 2 saturated heterocycles. The summed E-state index contributed by atoms with van der Waals surface area (Å²) in [6.45, 7) is 13.5. The van der Waals surface area contributed by atoms with Crippen LogP contribution in [-0.2, 0) is 9.47 Å². The summed E-state index contributed by atoms with van der Waals surface area (Å²) in [6.07, 6.45) is 3.98. The van der Waals surface area contributed by atoms with Crippen LogP contribution in [0.4, 0.5) is 0 Å². The van der Waals surface area contributed by atoms with Crippen molar-refractivity contribution in [2.45, 2.75) is 77.0 Å². The van der Waals surface area contributed by atoms with Gasteiger partial charge in [0.25, 0.3) is 0 Å². The van der Waals surface area contributed by atoms with Gasteiger partial charge < -0.3 is 14.6 Å². The highest BCUT2D eigenvalue weighted by molar-refractivity contribution is 5.29. The van der Waals surface area contributed by atoms with Gasteiger partial charge in [0.1, 0.15) is 18.3 Å². The standard InChI is InChI=1S/C20H30O3/c1-9-6-7-12-14(9)15-11(8-13(21)20(12,15)5)10(2)16-17(22-16)18-19(3,4)23-18/h9,11-18,21H,2,6-8H2,1,3-5H3/t9-,11+,12+,13-,14-,15+,16+,17+,18+,20+/m1/s1. The normalized spacial score (nSPS) is 61.5. The van der Waals surface area contributed by atoms with Crippen molar-refractivity contribution in [2.75, 3.05) is 0 Å². The Balaban J connectivity index is 1.35. The summed E-state index contributed by atoms with van der Waals surface area (Å²) in [4.78, 5) is 0. The van der Waals surface area contributed by atoms with Crippen molar-refractivity contribution in [3.8, 4) is 0 Å². The highest BCUT2D eigenvalue weighted by Crippen LogP contribution is 2.73. The van der Waals surface area contributed by atoms with Crippen molar-refractivity contribution in [2.24, 2.45) is 35.0 Å². The number of hydrogen-bond donors (Lipinski definition) is 1. The summed E-state index contributed by atoms with van der Waals surface area (Å²) >= 11 is 0. The van der Waals surface area contributed by atoms with Crippen molar-refractivity contribution < 1.29 is 14.6 Å². The second-order valence-corrected chi connectivity index (χ2v) is 9.73. The van der Waals surface area contributed by atoms with E-state index in [9.17, 15) is 5.11 Å². The van der Waals surface area contributed by atoms with Crippen LogP contribution in [0.25, 0.3) is 0 Å². The minimum Gasteiger partial charge on any atom is -0.393 e. The molecule has 5 rings (SSSR count). The van der Waals surface area contributed by atoms with E-state index in [-0.39, 0.29) is 35.4 Å². The van der Waals surface area contributed by atoms with Crippen LogP contribution in [0, 0.1) is 35.0 Å². The quantitative estimate of drug-likeness (QED) is 0.642. The SMILES string of the molecule is C=C([C@@H]1C[C@@H](O)[C@@]2(C)[C@@H]1[C@@H]1[C@H](C)CC[C@@H]12)[C@@H]1O[C@@H]1[C@@H]1OC1(C)C. The molecule has 3 nitrogen and oxygen atoms in total. The average molecular weight is 318 g/mol. The fourth-order valence-electron chi connectivity index (χ4n) is 6.91. The monoisotopic (exact) mass is 318 g/mol. The fourth-order valence-corrected chi connectivity index (χ4v) is 6.91. The van der Waals surface area contributed by atoms with E-state index < -0.39 is 0 Å². The molecule has 5 fully saturated rings. The predicted octanol–water partition coefficient (Wildman–Crippen LogP) is 3.17. The lowest BCUT2D eigenvalue weighted by Gasteiger charge is -2.58. The van der Waals surface area contributed by atoms with Crippen molar-refractivity contribution in [1.82, 2.24) is 0 Å². The third-order valence-electron chi connectivity index (χ3n) is 8.34. The highest BCUT2D eigenvalue weighted by Gasteiger charge is 2.72. The maximum absolute atomic E-state index is 10.8. The minimum absolute atomic E-state index is 0.0229. The maximum Gasteiger partial charge on any atom is 0.117 e. The van der Waals surface area contributed by atoms with Crippen LogP contribution in [-0.4, -0.2) is 35.1 Å². The van der Waals surface area contributed by atoms with Crippen LogP contribution < -0.4 is 0 Å². The Morgan fingerprint density at radius 1 is 1.22 bits per heavy atom. The van der Waals surface area contributed by atoms with Crippen LogP contribution in [0.3, 0.4) is 0 Å². The number of aliphatic hydroxyl groups excluding tert-OH is 1. The number of fused-ring (bicyclic) bond motifs is 4. The summed E-state index contributed by atoms with van der Waals surface area (Å²) in [5.41, 5.74) is 1.35. The van der Waals surface area contributed by atoms with Crippen LogP contribution in [0.5, 0.6) is 0 Å². The number of aliphatic hydroxyl groups is 1. The minimum atomic E-state index is -0.161. The van der Waals surface area contributed by atoms with Gasteiger partial charge in [0.15, 0.2) is 0 Å². The van der Waals surface area contributed by atoms with E-state index in [2.05, 4.69) is 34.3 Å². The van der Waals surface area contributed by atoms with Crippen LogP contribution in [0.15, 0.2) is 12.2 Å². The Morgan fingerprint density at radius 3 is 2.57 bits per heavy atom. The lowest BCUT2D eigenvalue weighted by Crippen LogP contribution is -2.57. The molecule has 2 heterocycles. The molecule has 128 valence electrons. The highest BCUT2D eigenvalue weighted by atomic mass is 16.7. The summed E-state index contributed by atoms with van der Waals surface area (Å²) < 4.78 is 11.7. The molecule has 2 aliphatic heterocycles. The summed E-state index contributed by atoms with van der Waals surface area (Å²) in [5.74, 6) is 3.39. The lowest BCUT2D eigenvalue weighted by atomic mass is 9.46. The van der Waals surface area contributed by atoms with Gasteiger partial charge in [-0.1, -0.05) is 26.8 Å². The van der Waals surface area contributed by atoms with Crippen molar-refractivity contribution >= 4 is 0 Å². The molecular weight excluding hydrogens is 288 g/mol. The molecule has 0 radical (unpaired) electrons. The summed E-state index contributed by atoms with van der Waals surface area (Å²) in [5, 5.41) is 10.8. The number of epoxide rings is 2. The Bertz CT molecular complexity index is 569. The molecule has 23 heavy (non-hydrogen) atoms. The van der Waals surface area contributed by atoms with E-state index in [1.165, 1.54) is 18.4 Å². The van der Waals surface area contributed by atoms with Gasteiger partial charge >= 0.3 is 0 Å². The van der Waals surface area contributed by atoms with Gasteiger partial charge in [-0.25, -0.2) is 0 Å². The molecule has 3 aliphatic carbocycles. The first-order valence-electron chi connectivity index (χ1n) is 9.47. The van der Waals surface area contributed by atoms with Gasteiger partial charge in [-0.15, -0.1) is 0 Å². The number of ether oxygens (including phenoxy) is 2. The molecule has 0 aromatic carbocycles. The molecule has 5 aliphatic rings. The van der Waals surface area contributed by atoms with E-state index in [0.29, 0.717) is 11.8 Å². The van der Waals surface area contributed by atoms with Crippen molar-refractivity contribution in [3.63, 3.8) is 0 Å². The second kappa shape index (κ2) is 4.23. The van der Waals surface area contributed by atoms with E-state index in [1.54, 1.807) is 0 Å². The van der Waals surface area contributed by atoms with Gasteiger partial charge in [0.05, 0.1) is 11.7 Å². The summed E-state index contributed by atoms with van der Waals surface area (Å²) in [6, 6.07) is 0. The molecule has 0 spiro atoms. The van der Waals surface area contributed by atoms with Gasteiger partial charge in [0.2, 0.25) is 0 Å². The van der Waals surface area contributed by atoms with Gasteiger partial charge in [-0.05, 0) is 61.9 Å². The average Bonchev–Trinajstić information content (AvgIpc) is 3.32. The molecule has 0 amide bonds. The lowest BCUT2D eigenvalue weighted by molar-refractivity contribution is -0.143. The maximum atomic E-state index is 10.8. The topological polar surface area (TPSA) is 45.3 Å². The second-order valence-electron chi connectivity index (χ2n) is 9.73. The van der Waals surface area contributed by atoms with Crippen molar-refractivity contribution in [1.29, 1.82) is 0 Å². The molecule has 0 bridgehead atoms. The molecule has 0 aromatic rings. The number of rotatable bonds is 3. The van der Waals surface area contributed by atoms with E-state index in [0.717, 1.165) is 24.2 Å². The third kappa shape index (κ3) is 1.72. The van der Waals surface area contributed by atoms with E-state index in [1.807, 2.05) is 0 Å². The Kier molecular flexibility index (Phi) is 2.74. The van der Waals surface area contributed by atoms with Gasteiger partial charge in [-0.2, -0.15) is 0 Å². The molecular formula is C20H30O3. The Hall–Kier alpha value is -0.380. The van der Waals surface area contributed by atoms with Crippen LogP contribution in [0.1, 0.15) is 47.0 Å². The van der Waals surface area contributed by atoms with E-state index >= 15 is 0 Å². The molecule has 3 saturated carbocycles. The van der Waals surface area contributed by atoms with Crippen LogP contribution in [0.2, 0.25) is 0 Å². The predicted molar refractivity (Wildman–Crippen MR) is 87.8 cm³/mol. The zero-order chi connectivity index (χ0) is 16.3. The van der Waals surface area contributed by atoms with Crippen LogP contribution >= 0.6 is 0 Å². The summed E-state index contributed by atoms with van der Waals surface area (Å²) in [7, 11) is 0. The van der Waals surface area contributed by atoms with Gasteiger partial charge in [-0.3, -0.25) is 0 Å². The molecule has 3 heteroatoms. The number of hydrogen-bond acceptors (Lipinski definition) is 3. The fraction of sp³-hybridized carbons (Fsp3) is 0.900. The molecule has 1 N–H and O–H groups in total. The zero-order valence-corrected chi connectivity index (χ0v) is 14.8. The molecule has 0 unspecified atom stereocenters. The first-order valence-corrected chi connectivity index (χ1v) is 9.47.